The van der Waals surface area contributed by atoms with Crippen molar-refractivity contribution >= 4 is 22.4 Å². The lowest BCUT2D eigenvalue weighted by Gasteiger charge is -2.15. The van der Waals surface area contributed by atoms with Gasteiger partial charge in [-0.05, 0) is 37.1 Å². The third kappa shape index (κ3) is 2.88. The minimum absolute atomic E-state index is 0.0953. The first-order valence-electron chi connectivity index (χ1n) is 7.57. The highest BCUT2D eigenvalue weighted by Crippen LogP contribution is 2.26. The molecule has 1 aromatic heterocycles. The average molecular weight is 305 g/mol. The number of nitrogens with zero attached hydrogens (tertiary/aromatic N) is 1. The van der Waals surface area contributed by atoms with Crippen LogP contribution in [0, 0.1) is 6.92 Å². The van der Waals surface area contributed by atoms with Gasteiger partial charge in [0.1, 0.15) is 5.69 Å². The fraction of sp³-hybridized carbons (Fsp3) is 0.158. The topological polar surface area (TPSA) is 68.0 Å². The molecule has 3 N–H and O–H groups in total. The SMILES string of the molecule is Cc1ccc(N)c2ccnc(C(=O)NC(C)c3ccccc3)c12. The van der Waals surface area contributed by atoms with Gasteiger partial charge < -0.3 is 11.1 Å². The van der Waals surface area contributed by atoms with E-state index in [1.54, 1.807) is 6.20 Å². The molecule has 0 spiro atoms. The van der Waals surface area contributed by atoms with Crippen LogP contribution in [0.15, 0.2) is 54.7 Å². The van der Waals surface area contributed by atoms with Crippen LogP contribution in [0.2, 0.25) is 0 Å². The van der Waals surface area contributed by atoms with E-state index in [2.05, 4.69) is 10.3 Å². The fourth-order valence-corrected chi connectivity index (χ4v) is 2.75. The number of nitrogens with two attached hydrogens (primary N) is 1. The molecule has 1 unspecified atom stereocenters. The molecular formula is C19H19N3O. The lowest BCUT2D eigenvalue weighted by molar-refractivity contribution is 0.0936. The summed E-state index contributed by atoms with van der Waals surface area (Å²) in [5.41, 5.74) is 9.13. The Morgan fingerprint density at radius 1 is 1.13 bits per heavy atom. The third-order valence-corrected chi connectivity index (χ3v) is 4.03. The molecule has 1 atom stereocenters. The number of rotatable bonds is 3. The fourth-order valence-electron chi connectivity index (χ4n) is 2.75. The van der Waals surface area contributed by atoms with Gasteiger partial charge in [-0.15, -0.1) is 0 Å². The van der Waals surface area contributed by atoms with Gasteiger partial charge in [-0.25, -0.2) is 0 Å². The number of hydrogen-bond acceptors (Lipinski definition) is 3. The summed E-state index contributed by atoms with van der Waals surface area (Å²) >= 11 is 0. The maximum Gasteiger partial charge on any atom is 0.271 e. The zero-order valence-corrected chi connectivity index (χ0v) is 13.2. The number of aromatic nitrogens is 1. The van der Waals surface area contributed by atoms with E-state index in [0.29, 0.717) is 11.4 Å². The van der Waals surface area contributed by atoms with Crippen LogP contribution >= 0.6 is 0 Å². The number of nitrogens with one attached hydrogen (secondary N) is 1. The summed E-state index contributed by atoms with van der Waals surface area (Å²) in [6, 6.07) is 15.4. The van der Waals surface area contributed by atoms with Crippen molar-refractivity contribution in [2.75, 3.05) is 5.73 Å². The second-order valence-corrected chi connectivity index (χ2v) is 5.66. The molecule has 0 aliphatic carbocycles. The summed E-state index contributed by atoms with van der Waals surface area (Å²) in [7, 11) is 0. The van der Waals surface area contributed by atoms with E-state index in [9.17, 15) is 4.79 Å². The summed E-state index contributed by atoms with van der Waals surface area (Å²) in [5.74, 6) is -0.194. The minimum Gasteiger partial charge on any atom is -0.398 e. The molecule has 0 aliphatic rings. The minimum atomic E-state index is -0.194. The highest BCUT2D eigenvalue weighted by atomic mass is 16.1. The van der Waals surface area contributed by atoms with E-state index in [1.807, 2.05) is 62.4 Å². The second kappa shape index (κ2) is 6.08. The van der Waals surface area contributed by atoms with Crippen molar-refractivity contribution in [2.45, 2.75) is 19.9 Å². The number of aryl methyl sites for hydroxylation is 1. The van der Waals surface area contributed by atoms with Crippen LogP contribution in [0.5, 0.6) is 0 Å². The number of anilines is 1. The molecule has 0 bridgehead atoms. The summed E-state index contributed by atoms with van der Waals surface area (Å²) < 4.78 is 0. The molecule has 23 heavy (non-hydrogen) atoms. The molecule has 1 heterocycles. The first-order valence-corrected chi connectivity index (χ1v) is 7.57. The Kier molecular flexibility index (Phi) is 3.98. The zero-order valence-electron chi connectivity index (χ0n) is 13.2. The van der Waals surface area contributed by atoms with Gasteiger partial charge in [-0.2, -0.15) is 0 Å². The van der Waals surface area contributed by atoms with Crippen LogP contribution in [-0.2, 0) is 0 Å². The molecule has 3 rings (SSSR count). The predicted octanol–water partition coefficient (Wildman–Crippen LogP) is 3.62. The molecule has 4 heteroatoms. The van der Waals surface area contributed by atoms with Crippen LogP contribution < -0.4 is 11.1 Å². The van der Waals surface area contributed by atoms with Crippen molar-refractivity contribution < 1.29 is 4.79 Å². The Hall–Kier alpha value is -2.88. The van der Waals surface area contributed by atoms with Crippen molar-refractivity contribution in [3.05, 3.63) is 71.5 Å². The molecule has 0 fully saturated rings. The molecule has 0 saturated carbocycles. The Bertz CT molecular complexity index is 859. The lowest BCUT2D eigenvalue weighted by Crippen LogP contribution is -2.27. The van der Waals surface area contributed by atoms with Gasteiger partial charge in [0.05, 0.1) is 6.04 Å². The van der Waals surface area contributed by atoms with E-state index >= 15 is 0 Å². The average Bonchev–Trinajstić information content (AvgIpc) is 2.58. The van der Waals surface area contributed by atoms with E-state index in [4.69, 9.17) is 5.73 Å². The van der Waals surface area contributed by atoms with Gasteiger partial charge in [0.25, 0.3) is 5.91 Å². The van der Waals surface area contributed by atoms with E-state index in [1.165, 1.54) is 0 Å². The number of carbonyl (C=O) groups is 1. The molecule has 0 radical (unpaired) electrons. The Morgan fingerprint density at radius 2 is 1.87 bits per heavy atom. The van der Waals surface area contributed by atoms with Gasteiger partial charge in [-0.3, -0.25) is 9.78 Å². The number of hydrogen-bond donors (Lipinski definition) is 2. The predicted molar refractivity (Wildman–Crippen MR) is 93.2 cm³/mol. The van der Waals surface area contributed by atoms with Crippen molar-refractivity contribution in [3.8, 4) is 0 Å². The van der Waals surface area contributed by atoms with Crippen molar-refractivity contribution in [1.29, 1.82) is 0 Å². The van der Waals surface area contributed by atoms with Crippen molar-refractivity contribution in [2.24, 2.45) is 0 Å². The molecule has 0 aliphatic heterocycles. The van der Waals surface area contributed by atoms with Gasteiger partial charge in [0.15, 0.2) is 0 Å². The molecule has 116 valence electrons. The Morgan fingerprint density at radius 3 is 2.61 bits per heavy atom. The number of nitrogen functional groups attached to an aromatic ring is 1. The summed E-state index contributed by atoms with van der Waals surface area (Å²) in [5, 5.41) is 4.68. The normalized spacial score (nSPS) is 12.1. The highest BCUT2D eigenvalue weighted by Gasteiger charge is 2.17. The molecule has 1 amide bonds. The molecule has 2 aromatic carbocycles. The third-order valence-electron chi connectivity index (χ3n) is 4.03. The number of fused-ring (bicyclic) bond motifs is 1. The quantitative estimate of drug-likeness (QED) is 0.726. The monoisotopic (exact) mass is 305 g/mol. The molecular weight excluding hydrogens is 286 g/mol. The van der Waals surface area contributed by atoms with Gasteiger partial charge in [-0.1, -0.05) is 36.4 Å². The van der Waals surface area contributed by atoms with Gasteiger partial charge in [0.2, 0.25) is 0 Å². The summed E-state index contributed by atoms with van der Waals surface area (Å²) in [6.07, 6.45) is 1.63. The van der Waals surface area contributed by atoms with E-state index in [0.717, 1.165) is 21.9 Å². The maximum absolute atomic E-state index is 12.7. The number of carbonyl (C=O) groups excluding carboxylic acids is 1. The second-order valence-electron chi connectivity index (χ2n) is 5.66. The first kappa shape index (κ1) is 15.0. The number of benzene rings is 2. The lowest BCUT2D eigenvalue weighted by atomic mass is 10.0. The molecule has 0 saturated heterocycles. The van der Waals surface area contributed by atoms with Gasteiger partial charge in [0, 0.05) is 22.7 Å². The number of pyridine rings is 1. The summed E-state index contributed by atoms with van der Waals surface area (Å²) in [6.45, 7) is 3.92. The zero-order chi connectivity index (χ0) is 16.4. The van der Waals surface area contributed by atoms with Crippen LogP contribution in [0.25, 0.3) is 10.8 Å². The smallest absolute Gasteiger partial charge is 0.271 e. The van der Waals surface area contributed by atoms with E-state index < -0.39 is 0 Å². The van der Waals surface area contributed by atoms with Crippen molar-refractivity contribution in [3.63, 3.8) is 0 Å². The standard InChI is InChI=1S/C19H19N3O/c1-12-8-9-16(20)15-10-11-21-18(17(12)15)19(23)22-13(2)14-6-4-3-5-7-14/h3-11,13H,20H2,1-2H3,(H,22,23). The Balaban J connectivity index is 1.97. The van der Waals surface area contributed by atoms with E-state index in [-0.39, 0.29) is 11.9 Å². The van der Waals surface area contributed by atoms with Crippen LogP contribution in [-0.4, -0.2) is 10.9 Å². The molecule has 3 aromatic rings. The van der Waals surface area contributed by atoms with Crippen LogP contribution in [0.4, 0.5) is 5.69 Å². The maximum atomic E-state index is 12.7. The molecule has 4 nitrogen and oxygen atoms in total. The van der Waals surface area contributed by atoms with Gasteiger partial charge >= 0.3 is 0 Å². The Labute approximate surface area is 135 Å². The highest BCUT2D eigenvalue weighted by molar-refractivity contribution is 6.09. The van der Waals surface area contributed by atoms with Crippen molar-refractivity contribution in [1.82, 2.24) is 10.3 Å². The first-order chi connectivity index (χ1) is 11.1. The summed E-state index contributed by atoms with van der Waals surface area (Å²) in [4.78, 5) is 17.0. The van der Waals surface area contributed by atoms with Crippen LogP contribution in [0.3, 0.4) is 0 Å². The van der Waals surface area contributed by atoms with Crippen LogP contribution in [0.1, 0.15) is 34.6 Å². The number of amides is 1. The largest absolute Gasteiger partial charge is 0.398 e.